The highest BCUT2D eigenvalue weighted by Crippen LogP contribution is 2.25. The normalized spacial score (nSPS) is 25.0. The van der Waals surface area contributed by atoms with E-state index >= 15 is 0 Å². The molecule has 0 bridgehead atoms. The van der Waals surface area contributed by atoms with Crippen LogP contribution in [-0.4, -0.2) is 20.6 Å². The summed E-state index contributed by atoms with van der Waals surface area (Å²) in [4.78, 5) is 4.47. The van der Waals surface area contributed by atoms with Crippen LogP contribution in [0.15, 0.2) is 24.4 Å². The highest BCUT2D eigenvalue weighted by atomic mass is 15.3. The first kappa shape index (κ1) is 10.6. The summed E-state index contributed by atoms with van der Waals surface area (Å²) in [5.41, 5.74) is 0.902. The lowest BCUT2D eigenvalue weighted by Crippen LogP contribution is -2.25. The van der Waals surface area contributed by atoms with E-state index in [-0.39, 0.29) is 0 Å². The van der Waals surface area contributed by atoms with Crippen molar-refractivity contribution in [3.05, 3.63) is 24.4 Å². The van der Waals surface area contributed by atoms with Gasteiger partial charge in [-0.05, 0) is 43.7 Å². The van der Waals surface area contributed by atoms with Crippen molar-refractivity contribution >= 4 is 11.6 Å². The maximum absolute atomic E-state index is 4.47. The minimum absolute atomic E-state index is 0.545. The molecule has 0 aromatic carbocycles. The Bertz CT molecular complexity index is 464. The van der Waals surface area contributed by atoms with Crippen molar-refractivity contribution in [1.29, 1.82) is 0 Å². The number of pyridine rings is 1. The van der Waals surface area contributed by atoms with Crippen LogP contribution in [0.5, 0.6) is 0 Å². The SMILES string of the molecule is CC1CCC(Nc2nc3ccccn3n2)CC1. The number of hydrogen-bond donors (Lipinski definition) is 1. The van der Waals surface area contributed by atoms with E-state index < -0.39 is 0 Å². The third-order valence-corrected chi connectivity index (χ3v) is 3.59. The average molecular weight is 230 g/mol. The van der Waals surface area contributed by atoms with Crippen molar-refractivity contribution in [3.8, 4) is 0 Å². The second-order valence-corrected chi connectivity index (χ2v) is 5.04. The lowest BCUT2D eigenvalue weighted by molar-refractivity contribution is 0.360. The Kier molecular flexibility index (Phi) is 2.71. The predicted octanol–water partition coefficient (Wildman–Crippen LogP) is 2.72. The molecule has 17 heavy (non-hydrogen) atoms. The number of anilines is 1. The van der Waals surface area contributed by atoms with Crippen LogP contribution < -0.4 is 5.32 Å². The maximum atomic E-state index is 4.47. The number of rotatable bonds is 2. The molecule has 0 spiro atoms. The zero-order valence-electron chi connectivity index (χ0n) is 10.1. The molecule has 1 fully saturated rings. The molecule has 0 atom stereocenters. The fraction of sp³-hybridized carbons (Fsp3) is 0.538. The number of nitrogens with zero attached hydrogens (tertiary/aromatic N) is 3. The number of hydrogen-bond acceptors (Lipinski definition) is 3. The quantitative estimate of drug-likeness (QED) is 0.862. The Hall–Kier alpha value is -1.58. The molecule has 4 heteroatoms. The van der Waals surface area contributed by atoms with Gasteiger partial charge in [-0.15, -0.1) is 5.10 Å². The van der Waals surface area contributed by atoms with Gasteiger partial charge in [-0.3, -0.25) is 0 Å². The van der Waals surface area contributed by atoms with E-state index in [9.17, 15) is 0 Å². The molecular formula is C13H18N4. The molecule has 0 amide bonds. The van der Waals surface area contributed by atoms with Crippen LogP contribution in [0.3, 0.4) is 0 Å². The van der Waals surface area contributed by atoms with Crippen LogP contribution in [-0.2, 0) is 0 Å². The fourth-order valence-electron chi connectivity index (χ4n) is 2.48. The monoisotopic (exact) mass is 230 g/mol. The fourth-order valence-corrected chi connectivity index (χ4v) is 2.48. The van der Waals surface area contributed by atoms with Crippen LogP contribution in [0.25, 0.3) is 5.65 Å². The Labute approximate surface area is 101 Å². The molecule has 2 heterocycles. The Balaban J connectivity index is 1.72. The van der Waals surface area contributed by atoms with Gasteiger partial charge in [0.15, 0.2) is 5.65 Å². The number of aromatic nitrogens is 3. The smallest absolute Gasteiger partial charge is 0.243 e. The molecule has 1 aliphatic rings. The van der Waals surface area contributed by atoms with Gasteiger partial charge in [0.2, 0.25) is 5.95 Å². The summed E-state index contributed by atoms with van der Waals surface area (Å²) in [6, 6.07) is 6.47. The molecule has 2 aromatic rings. The van der Waals surface area contributed by atoms with E-state index in [1.807, 2.05) is 28.9 Å². The third kappa shape index (κ3) is 2.25. The Morgan fingerprint density at radius 1 is 1.24 bits per heavy atom. The van der Waals surface area contributed by atoms with Gasteiger partial charge in [0.1, 0.15) is 0 Å². The second-order valence-electron chi connectivity index (χ2n) is 5.04. The van der Waals surface area contributed by atoms with Crippen LogP contribution in [0, 0.1) is 5.92 Å². The van der Waals surface area contributed by atoms with E-state index in [0.717, 1.165) is 17.5 Å². The summed E-state index contributed by atoms with van der Waals surface area (Å²) in [5, 5.41) is 7.87. The molecule has 3 rings (SSSR count). The summed E-state index contributed by atoms with van der Waals surface area (Å²) >= 11 is 0. The number of fused-ring (bicyclic) bond motifs is 1. The van der Waals surface area contributed by atoms with E-state index in [4.69, 9.17) is 0 Å². The van der Waals surface area contributed by atoms with Crippen LogP contribution in [0.4, 0.5) is 5.95 Å². The topological polar surface area (TPSA) is 42.2 Å². The van der Waals surface area contributed by atoms with Gasteiger partial charge in [-0.2, -0.15) is 4.98 Å². The second kappa shape index (κ2) is 4.35. The van der Waals surface area contributed by atoms with E-state index in [1.54, 1.807) is 0 Å². The summed E-state index contributed by atoms with van der Waals surface area (Å²) in [6.45, 7) is 2.33. The van der Waals surface area contributed by atoms with E-state index in [1.165, 1.54) is 25.7 Å². The molecule has 0 radical (unpaired) electrons. The van der Waals surface area contributed by atoms with Gasteiger partial charge >= 0.3 is 0 Å². The highest BCUT2D eigenvalue weighted by molar-refractivity contribution is 5.43. The summed E-state index contributed by atoms with van der Waals surface area (Å²) < 4.78 is 1.81. The van der Waals surface area contributed by atoms with Crippen LogP contribution in [0.1, 0.15) is 32.6 Å². The lowest BCUT2D eigenvalue weighted by Gasteiger charge is -2.26. The van der Waals surface area contributed by atoms with Crippen molar-refractivity contribution in [2.45, 2.75) is 38.6 Å². The maximum Gasteiger partial charge on any atom is 0.243 e. The van der Waals surface area contributed by atoms with Crippen molar-refractivity contribution in [3.63, 3.8) is 0 Å². The molecule has 0 unspecified atom stereocenters. The summed E-state index contributed by atoms with van der Waals surface area (Å²) in [7, 11) is 0. The molecule has 90 valence electrons. The molecular weight excluding hydrogens is 212 g/mol. The van der Waals surface area contributed by atoms with Gasteiger partial charge in [0, 0.05) is 12.2 Å². The zero-order chi connectivity index (χ0) is 11.7. The largest absolute Gasteiger partial charge is 0.350 e. The molecule has 0 aliphatic heterocycles. The molecule has 0 saturated heterocycles. The molecule has 1 N–H and O–H groups in total. The first-order valence-electron chi connectivity index (χ1n) is 6.39. The summed E-state index contributed by atoms with van der Waals surface area (Å²) in [6.07, 6.45) is 7.01. The van der Waals surface area contributed by atoms with Crippen molar-refractivity contribution < 1.29 is 0 Å². The van der Waals surface area contributed by atoms with Gasteiger partial charge in [0.25, 0.3) is 0 Å². The van der Waals surface area contributed by atoms with Gasteiger partial charge in [-0.25, -0.2) is 4.52 Å². The number of nitrogens with one attached hydrogen (secondary N) is 1. The average Bonchev–Trinajstić information content (AvgIpc) is 2.74. The van der Waals surface area contributed by atoms with Crippen LogP contribution in [0.2, 0.25) is 0 Å². The first-order valence-corrected chi connectivity index (χ1v) is 6.39. The van der Waals surface area contributed by atoms with Gasteiger partial charge in [-0.1, -0.05) is 13.0 Å². The predicted molar refractivity (Wildman–Crippen MR) is 68.0 cm³/mol. The van der Waals surface area contributed by atoms with E-state index in [0.29, 0.717) is 6.04 Å². The molecule has 1 saturated carbocycles. The Morgan fingerprint density at radius 2 is 2.06 bits per heavy atom. The minimum atomic E-state index is 0.545. The minimum Gasteiger partial charge on any atom is -0.350 e. The third-order valence-electron chi connectivity index (χ3n) is 3.59. The van der Waals surface area contributed by atoms with Crippen LogP contribution >= 0.6 is 0 Å². The molecule has 2 aromatic heterocycles. The van der Waals surface area contributed by atoms with E-state index in [2.05, 4.69) is 22.3 Å². The van der Waals surface area contributed by atoms with Crippen molar-refractivity contribution in [2.75, 3.05) is 5.32 Å². The van der Waals surface area contributed by atoms with Crippen molar-refractivity contribution in [1.82, 2.24) is 14.6 Å². The Morgan fingerprint density at radius 3 is 2.82 bits per heavy atom. The van der Waals surface area contributed by atoms with Crippen molar-refractivity contribution in [2.24, 2.45) is 5.92 Å². The van der Waals surface area contributed by atoms with Gasteiger partial charge in [0.05, 0.1) is 0 Å². The standard InChI is InChI=1S/C13H18N4/c1-10-5-7-11(8-6-10)14-13-15-12-4-2-3-9-17(12)16-13/h2-4,9-11H,5-8H2,1H3,(H,14,16). The molecule has 1 aliphatic carbocycles. The highest BCUT2D eigenvalue weighted by Gasteiger charge is 2.19. The first-order chi connectivity index (χ1) is 8.31. The lowest BCUT2D eigenvalue weighted by atomic mass is 9.87. The summed E-state index contributed by atoms with van der Waals surface area (Å²) in [5.74, 6) is 1.64. The van der Waals surface area contributed by atoms with Gasteiger partial charge < -0.3 is 5.32 Å². The zero-order valence-corrected chi connectivity index (χ0v) is 10.1. The molecule has 4 nitrogen and oxygen atoms in total.